The van der Waals surface area contributed by atoms with Gasteiger partial charge < -0.3 is 0 Å². The molecule has 0 saturated carbocycles. The molecule has 0 saturated heterocycles. The largest absolute Gasteiger partial charge is 0.135 e. The second kappa shape index (κ2) is 6.21. The second-order valence-corrected chi connectivity index (χ2v) is 6.02. The summed E-state index contributed by atoms with van der Waals surface area (Å²) in [5, 5.41) is 1.31. The smallest absolute Gasteiger partial charge is 0.0384 e. The number of benzene rings is 1. The van der Waals surface area contributed by atoms with Gasteiger partial charge in [-0.25, -0.2) is 0 Å². The predicted molar refractivity (Wildman–Crippen MR) is 89.6 cm³/mol. The van der Waals surface area contributed by atoms with Crippen LogP contribution in [0.25, 0.3) is 21.7 Å². The molecule has 0 aliphatic rings. The first-order chi connectivity index (χ1) is 9.22. The summed E-state index contributed by atoms with van der Waals surface area (Å²) in [4.78, 5) is 1.33. The highest BCUT2D eigenvalue weighted by Crippen LogP contribution is 2.40. The summed E-state index contributed by atoms with van der Waals surface area (Å²) < 4.78 is 1.33. The topological polar surface area (TPSA) is 0 Å². The van der Waals surface area contributed by atoms with Crippen molar-refractivity contribution < 1.29 is 0 Å². The van der Waals surface area contributed by atoms with Crippen LogP contribution in [-0.4, -0.2) is 0 Å². The molecular weight excluding hydrogens is 248 g/mol. The SMILES string of the molecule is C=Cc1c(C(=C)C(CC)CCC)sc2ccccc12. The lowest BCUT2D eigenvalue weighted by atomic mass is 9.90. The lowest BCUT2D eigenvalue weighted by Gasteiger charge is -2.16. The van der Waals surface area contributed by atoms with Crippen LogP contribution in [-0.2, 0) is 0 Å². The maximum absolute atomic E-state index is 4.38. The van der Waals surface area contributed by atoms with Gasteiger partial charge in [0, 0.05) is 15.0 Å². The van der Waals surface area contributed by atoms with Crippen molar-refractivity contribution in [3.05, 3.63) is 47.9 Å². The first-order valence-corrected chi connectivity index (χ1v) is 7.87. The second-order valence-electron chi connectivity index (χ2n) is 4.96. The zero-order valence-electron chi connectivity index (χ0n) is 11.9. The van der Waals surface area contributed by atoms with Gasteiger partial charge in [0.2, 0.25) is 0 Å². The fourth-order valence-electron chi connectivity index (χ4n) is 2.67. The van der Waals surface area contributed by atoms with E-state index >= 15 is 0 Å². The normalized spacial score (nSPS) is 12.5. The molecule has 0 aliphatic carbocycles. The van der Waals surface area contributed by atoms with Crippen molar-refractivity contribution in [3.63, 3.8) is 0 Å². The van der Waals surface area contributed by atoms with Gasteiger partial charge >= 0.3 is 0 Å². The Balaban J connectivity index is 2.49. The molecule has 100 valence electrons. The minimum Gasteiger partial charge on any atom is -0.135 e. The number of hydrogen-bond donors (Lipinski definition) is 0. The van der Waals surface area contributed by atoms with Gasteiger partial charge in [0.25, 0.3) is 0 Å². The van der Waals surface area contributed by atoms with Gasteiger partial charge in [-0.2, -0.15) is 0 Å². The van der Waals surface area contributed by atoms with Crippen LogP contribution in [0, 0.1) is 5.92 Å². The zero-order valence-corrected chi connectivity index (χ0v) is 12.7. The molecule has 1 atom stereocenters. The Kier molecular flexibility index (Phi) is 4.60. The highest BCUT2D eigenvalue weighted by molar-refractivity contribution is 7.20. The van der Waals surface area contributed by atoms with Crippen molar-refractivity contribution >= 4 is 33.1 Å². The van der Waals surface area contributed by atoms with Gasteiger partial charge in [0.15, 0.2) is 0 Å². The van der Waals surface area contributed by atoms with E-state index in [4.69, 9.17) is 0 Å². The van der Waals surface area contributed by atoms with E-state index in [9.17, 15) is 0 Å². The van der Waals surface area contributed by atoms with Crippen molar-refractivity contribution in [1.82, 2.24) is 0 Å². The molecule has 0 nitrogen and oxygen atoms in total. The Morgan fingerprint density at radius 2 is 2.05 bits per heavy atom. The molecule has 1 heteroatoms. The van der Waals surface area contributed by atoms with Gasteiger partial charge in [-0.1, -0.05) is 57.7 Å². The quantitative estimate of drug-likeness (QED) is 0.571. The highest BCUT2D eigenvalue weighted by Gasteiger charge is 2.17. The van der Waals surface area contributed by atoms with Crippen molar-refractivity contribution in [3.8, 4) is 0 Å². The number of thiophene rings is 1. The van der Waals surface area contributed by atoms with Crippen LogP contribution >= 0.6 is 11.3 Å². The third-order valence-electron chi connectivity index (χ3n) is 3.75. The molecule has 2 rings (SSSR count). The van der Waals surface area contributed by atoms with Crippen LogP contribution < -0.4 is 0 Å². The van der Waals surface area contributed by atoms with Gasteiger partial charge in [0.1, 0.15) is 0 Å². The number of allylic oxidation sites excluding steroid dienone is 1. The van der Waals surface area contributed by atoms with E-state index in [1.807, 2.05) is 17.4 Å². The summed E-state index contributed by atoms with van der Waals surface area (Å²) in [7, 11) is 0. The molecule has 1 aromatic heterocycles. The Labute approximate surface area is 120 Å². The Bertz CT molecular complexity index is 589. The van der Waals surface area contributed by atoms with E-state index in [2.05, 4.69) is 51.3 Å². The van der Waals surface area contributed by atoms with Crippen LogP contribution in [0.1, 0.15) is 43.6 Å². The summed E-state index contributed by atoms with van der Waals surface area (Å²) in [6.07, 6.45) is 5.58. The Morgan fingerprint density at radius 1 is 1.32 bits per heavy atom. The maximum atomic E-state index is 4.38. The van der Waals surface area contributed by atoms with Crippen molar-refractivity contribution in [2.24, 2.45) is 5.92 Å². The average Bonchev–Trinajstić information content (AvgIpc) is 2.82. The Morgan fingerprint density at radius 3 is 2.68 bits per heavy atom. The first kappa shape index (κ1) is 14.1. The van der Waals surface area contributed by atoms with Crippen molar-refractivity contribution in [1.29, 1.82) is 0 Å². The third kappa shape index (κ3) is 2.66. The van der Waals surface area contributed by atoms with Gasteiger partial charge in [-0.05, 0) is 36.0 Å². The van der Waals surface area contributed by atoms with E-state index in [1.165, 1.54) is 38.9 Å². The van der Waals surface area contributed by atoms with Crippen LogP contribution in [0.4, 0.5) is 0 Å². The molecule has 1 aromatic carbocycles. The van der Waals surface area contributed by atoms with E-state index in [1.54, 1.807) is 0 Å². The summed E-state index contributed by atoms with van der Waals surface area (Å²) in [6.45, 7) is 12.9. The van der Waals surface area contributed by atoms with E-state index in [-0.39, 0.29) is 0 Å². The van der Waals surface area contributed by atoms with Crippen LogP contribution in [0.5, 0.6) is 0 Å². The number of hydrogen-bond acceptors (Lipinski definition) is 1. The maximum Gasteiger partial charge on any atom is 0.0384 e. The summed E-state index contributed by atoms with van der Waals surface area (Å²) in [5.74, 6) is 0.594. The minimum absolute atomic E-state index is 0.594. The van der Waals surface area contributed by atoms with Gasteiger partial charge in [-0.3, -0.25) is 0 Å². The molecule has 1 unspecified atom stereocenters. The molecule has 0 bridgehead atoms. The standard InChI is InChI=1S/C18H22S/c1-5-10-14(6-2)13(4)18-15(7-3)16-11-8-9-12-17(16)19-18/h7-9,11-12,14H,3-6,10H2,1-2H3. The van der Waals surface area contributed by atoms with Crippen LogP contribution in [0.2, 0.25) is 0 Å². The van der Waals surface area contributed by atoms with Crippen molar-refractivity contribution in [2.75, 3.05) is 0 Å². The summed E-state index contributed by atoms with van der Waals surface area (Å²) in [5.41, 5.74) is 2.56. The monoisotopic (exact) mass is 270 g/mol. The van der Waals surface area contributed by atoms with Gasteiger partial charge in [-0.15, -0.1) is 11.3 Å². The molecule has 0 aliphatic heterocycles. The molecule has 0 radical (unpaired) electrons. The fourth-order valence-corrected chi connectivity index (χ4v) is 3.92. The Hall–Kier alpha value is -1.34. The number of fused-ring (bicyclic) bond motifs is 1. The third-order valence-corrected chi connectivity index (χ3v) is 5.01. The summed E-state index contributed by atoms with van der Waals surface area (Å²) >= 11 is 1.86. The number of rotatable bonds is 6. The van der Waals surface area contributed by atoms with Gasteiger partial charge in [0.05, 0.1) is 0 Å². The minimum atomic E-state index is 0.594. The summed E-state index contributed by atoms with van der Waals surface area (Å²) in [6, 6.07) is 8.56. The van der Waals surface area contributed by atoms with Crippen LogP contribution in [0.3, 0.4) is 0 Å². The lowest BCUT2D eigenvalue weighted by molar-refractivity contribution is 0.580. The zero-order chi connectivity index (χ0) is 13.8. The van der Waals surface area contributed by atoms with Crippen LogP contribution in [0.15, 0.2) is 37.4 Å². The predicted octanol–water partition coefficient (Wildman–Crippen LogP) is 6.38. The molecule has 2 aromatic rings. The van der Waals surface area contributed by atoms with Crippen molar-refractivity contribution in [2.45, 2.75) is 33.1 Å². The fraction of sp³-hybridized carbons (Fsp3) is 0.333. The molecule has 0 N–H and O–H groups in total. The molecule has 19 heavy (non-hydrogen) atoms. The molecule has 0 fully saturated rings. The highest BCUT2D eigenvalue weighted by atomic mass is 32.1. The molecule has 1 heterocycles. The van der Waals surface area contributed by atoms with E-state index < -0.39 is 0 Å². The first-order valence-electron chi connectivity index (χ1n) is 7.06. The lowest BCUT2D eigenvalue weighted by Crippen LogP contribution is -2.00. The molecule has 0 amide bonds. The average molecular weight is 270 g/mol. The molecule has 0 spiro atoms. The van der Waals surface area contributed by atoms with E-state index in [0.717, 1.165) is 6.42 Å². The van der Waals surface area contributed by atoms with E-state index in [0.29, 0.717) is 5.92 Å². The molecular formula is C18H22S.